The summed E-state index contributed by atoms with van der Waals surface area (Å²) in [5.41, 5.74) is 0. The second kappa shape index (κ2) is 5.29. The molecule has 3 atom stereocenters. The van der Waals surface area contributed by atoms with Crippen molar-refractivity contribution in [1.82, 2.24) is 5.32 Å². The average molecular weight is 249 g/mol. The fourth-order valence-electron chi connectivity index (χ4n) is 1.83. The van der Waals surface area contributed by atoms with Crippen LogP contribution in [0.25, 0.3) is 0 Å². The lowest BCUT2D eigenvalue weighted by molar-refractivity contribution is -0.134. The fraction of sp³-hybridized carbons (Fsp3) is 0.500. The van der Waals surface area contributed by atoms with Gasteiger partial charge >= 0.3 is 0 Å². The number of carbonyl (C=O) groups excluding carboxylic acids is 1. The molecule has 0 saturated carbocycles. The topological polar surface area (TPSA) is 47.6 Å². The van der Waals surface area contributed by atoms with Crippen LogP contribution in [0.3, 0.4) is 0 Å². The first kappa shape index (κ1) is 12.7. The van der Waals surface area contributed by atoms with E-state index in [1.807, 2.05) is 45.0 Å². The van der Waals surface area contributed by atoms with Gasteiger partial charge in [0, 0.05) is 6.04 Å². The van der Waals surface area contributed by atoms with Crippen molar-refractivity contribution in [2.45, 2.75) is 45.4 Å². The van der Waals surface area contributed by atoms with Crippen molar-refractivity contribution < 1.29 is 14.3 Å². The first-order chi connectivity index (χ1) is 8.61. The van der Waals surface area contributed by atoms with Crippen LogP contribution in [-0.2, 0) is 4.79 Å². The van der Waals surface area contributed by atoms with Gasteiger partial charge in [0.1, 0.15) is 6.10 Å². The van der Waals surface area contributed by atoms with Crippen LogP contribution in [-0.4, -0.2) is 24.2 Å². The van der Waals surface area contributed by atoms with E-state index in [1.54, 1.807) is 0 Å². The predicted octanol–water partition coefficient (Wildman–Crippen LogP) is 2.13. The Morgan fingerprint density at radius 3 is 2.56 bits per heavy atom. The van der Waals surface area contributed by atoms with Crippen molar-refractivity contribution in [1.29, 1.82) is 0 Å². The molecule has 0 aliphatic carbocycles. The lowest BCUT2D eigenvalue weighted by Gasteiger charge is -2.31. The number of hydrogen-bond acceptors (Lipinski definition) is 3. The highest BCUT2D eigenvalue weighted by atomic mass is 16.6. The Hall–Kier alpha value is -1.71. The molecule has 1 amide bonds. The van der Waals surface area contributed by atoms with Gasteiger partial charge in [-0.25, -0.2) is 0 Å². The summed E-state index contributed by atoms with van der Waals surface area (Å²) in [7, 11) is 0. The summed E-state index contributed by atoms with van der Waals surface area (Å²) in [5, 5.41) is 2.92. The smallest absolute Gasteiger partial charge is 0.265 e. The molecular weight excluding hydrogens is 230 g/mol. The van der Waals surface area contributed by atoms with E-state index >= 15 is 0 Å². The lowest BCUT2D eigenvalue weighted by Crippen LogP contribution is -2.50. The first-order valence-electron chi connectivity index (χ1n) is 6.34. The maximum Gasteiger partial charge on any atom is 0.265 e. The van der Waals surface area contributed by atoms with Crippen molar-refractivity contribution in [3.63, 3.8) is 0 Å². The summed E-state index contributed by atoms with van der Waals surface area (Å²) in [6, 6.07) is 7.54. The van der Waals surface area contributed by atoms with Crippen LogP contribution < -0.4 is 14.8 Å². The standard InChI is InChI=1S/C14H19NO3/c1-4-9(2)15-14(16)13-10(3)17-11-7-5-6-8-12(11)18-13/h5-10,13H,4H2,1-3H3,(H,15,16). The fourth-order valence-corrected chi connectivity index (χ4v) is 1.83. The zero-order valence-electron chi connectivity index (χ0n) is 11.0. The second-order valence-electron chi connectivity index (χ2n) is 4.63. The predicted molar refractivity (Wildman–Crippen MR) is 68.8 cm³/mol. The molecule has 4 heteroatoms. The first-order valence-corrected chi connectivity index (χ1v) is 6.34. The summed E-state index contributed by atoms with van der Waals surface area (Å²) in [4.78, 5) is 12.1. The van der Waals surface area contributed by atoms with Gasteiger partial charge in [0.15, 0.2) is 11.5 Å². The highest BCUT2D eigenvalue weighted by molar-refractivity contribution is 5.82. The average Bonchev–Trinajstić information content (AvgIpc) is 2.37. The minimum Gasteiger partial charge on any atom is -0.482 e. The Morgan fingerprint density at radius 2 is 1.94 bits per heavy atom. The number of ether oxygens (including phenoxy) is 2. The van der Waals surface area contributed by atoms with Crippen LogP contribution in [0.4, 0.5) is 0 Å². The minimum atomic E-state index is -0.589. The van der Waals surface area contributed by atoms with Crippen LogP contribution in [0.5, 0.6) is 11.5 Å². The SMILES string of the molecule is CCC(C)NC(=O)C1Oc2ccccc2OC1C. The highest BCUT2D eigenvalue weighted by Gasteiger charge is 2.34. The molecule has 0 spiro atoms. The number of rotatable bonds is 3. The lowest BCUT2D eigenvalue weighted by atomic mass is 10.1. The number of carbonyl (C=O) groups is 1. The van der Waals surface area contributed by atoms with Gasteiger partial charge in [-0.1, -0.05) is 19.1 Å². The van der Waals surface area contributed by atoms with E-state index in [9.17, 15) is 4.79 Å². The Balaban J connectivity index is 2.09. The monoisotopic (exact) mass is 249 g/mol. The molecule has 1 aliphatic rings. The maximum atomic E-state index is 12.1. The van der Waals surface area contributed by atoms with Gasteiger partial charge < -0.3 is 14.8 Å². The van der Waals surface area contributed by atoms with E-state index in [1.165, 1.54) is 0 Å². The van der Waals surface area contributed by atoms with Crippen LogP contribution >= 0.6 is 0 Å². The Morgan fingerprint density at radius 1 is 1.33 bits per heavy atom. The number of para-hydroxylation sites is 2. The molecule has 1 aromatic rings. The Kier molecular flexibility index (Phi) is 3.75. The zero-order chi connectivity index (χ0) is 13.1. The third-order valence-electron chi connectivity index (χ3n) is 3.10. The van der Waals surface area contributed by atoms with Crippen molar-refractivity contribution >= 4 is 5.91 Å². The third kappa shape index (κ3) is 2.58. The van der Waals surface area contributed by atoms with Gasteiger partial charge in [-0.2, -0.15) is 0 Å². The summed E-state index contributed by atoms with van der Waals surface area (Å²) in [5.74, 6) is 1.20. The summed E-state index contributed by atoms with van der Waals surface area (Å²) >= 11 is 0. The Labute approximate surface area is 107 Å². The third-order valence-corrected chi connectivity index (χ3v) is 3.10. The number of nitrogens with one attached hydrogen (secondary N) is 1. The maximum absolute atomic E-state index is 12.1. The number of benzene rings is 1. The normalized spacial score (nSPS) is 23.3. The number of fused-ring (bicyclic) bond motifs is 1. The quantitative estimate of drug-likeness (QED) is 0.892. The largest absolute Gasteiger partial charge is 0.482 e. The summed E-state index contributed by atoms with van der Waals surface area (Å²) in [6.07, 6.45) is 0.0162. The molecule has 0 fully saturated rings. The van der Waals surface area contributed by atoms with Crippen molar-refractivity contribution in [2.75, 3.05) is 0 Å². The molecule has 0 bridgehead atoms. The zero-order valence-corrected chi connectivity index (χ0v) is 11.0. The van der Waals surface area contributed by atoms with Crippen molar-refractivity contribution in [3.8, 4) is 11.5 Å². The van der Waals surface area contributed by atoms with Crippen LogP contribution in [0.15, 0.2) is 24.3 Å². The molecule has 1 aromatic carbocycles. The molecule has 18 heavy (non-hydrogen) atoms. The van der Waals surface area contributed by atoms with Crippen LogP contribution in [0, 0.1) is 0 Å². The molecule has 1 heterocycles. The molecule has 98 valence electrons. The molecule has 3 unspecified atom stereocenters. The van der Waals surface area contributed by atoms with Crippen LogP contribution in [0.2, 0.25) is 0 Å². The van der Waals surface area contributed by atoms with E-state index in [0.29, 0.717) is 11.5 Å². The number of amides is 1. The highest BCUT2D eigenvalue weighted by Crippen LogP contribution is 2.33. The molecule has 1 N–H and O–H groups in total. The van der Waals surface area contributed by atoms with Gasteiger partial charge in [-0.05, 0) is 32.4 Å². The van der Waals surface area contributed by atoms with Crippen molar-refractivity contribution in [2.24, 2.45) is 0 Å². The van der Waals surface area contributed by atoms with E-state index < -0.39 is 6.10 Å². The summed E-state index contributed by atoms with van der Waals surface area (Å²) in [6.45, 7) is 5.85. The molecule has 0 aromatic heterocycles. The Bertz CT molecular complexity index is 433. The molecular formula is C14H19NO3. The minimum absolute atomic E-state index is 0.119. The number of hydrogen-bond donors (Lipinski definition) is 1. The van der Waals surface area contributed by atoms with Gasteiger partial charge in [-0.3, -0.25) is 4.79 Å². The van der Waals surface area contributed by atoms with Gasteiger partial charge in [0.2, 0.25) is 6.10 Å². The van der Waals surface area contributed by atoms with Gasteiger partial charge in [0.25, 0.3) is 5.91 Å². The molecule has 1 aliphatic heterocycles. The molecule has 4 nitrogen and oxygen atoms in total. The molecule has 2 rings (SSSR count). The van der Waals surface area contributed by atoms with E-state index in [4.69, 9.17) is 9.47 Å². The molecule has 0 saturated heterocycles. The van der Waals surface area contributed by atoms with Gasteiger partial charge in [-0.15, -0.1) is 0 Å². The van der Waals surface area contributed by atoms with Crippen molar-refractivity contribution in [3.05, 3.63) is 24.3 Å². The van der Waals surface area contributed by atoms with E-state index in [-0.39, 0.29) is 18.1 Å². The molecule has 0 radical (unpaired) electrons. The van der Waals surface area contributed by atoms with E-state index in [2.05, 4.69) is 5.32 Å². The van der Waals surface area contributed by atoms with Crippen LogP contribution in [0.1, 0.15) is 27.2 Å². The summed E-state index contributed by atoms with van der Waals surface area (Å²) < 4.78 is 11.4. The second-order valence-corrected chi connectivity index (χ2v) is 4.63. The van der Waals surface area contributed by atoms with Gasteiger partial charge in [0.05, 0.1) is 0 Å². The van der Waals surface area contributed by atoms with E-state index in [0.717, 1.165) is 6.42 Å².